The second kappa shape index (κ2) is 6.84. The zero-order chi connectivity index (χ0) is 12.8. The van der Waals surface area contributed by atoms with E-state index in [1.165, 1.54) is 32.1 Å². The van der Waals surface area contributed by atoms with Gasteiger partial charge in [-0.25, -0.2) is 4.79 Å². The number of likely N-dealkylation sites (N-methyl/N-ethyl adjacent to an activating group) is 1. The molecule has 0 radical (unpaired) electrons. The number of carbonyl (C=O) groups is 1. The van der Waals surface area contributed by atoms with Gasteiger partial charge in [0.1, 0.15) is 0 Å². The van der Waals surface area contributed by atoms with Crippen molar-refractivity contribution in [2.75, 3.05) is 13.7 Å². The fourth-order valence-electron chi connectivity index (χ4n) is 2.37. The van der Waals surface area contributed by atoms with Crippen molar-refractivity contribution in [3.63, 3.8) is 0 Å². The van der Waals surface area contributed by atoms with Gasteiger partial charge in [0.25, 0.3) is 0 Å². The van der Waals surface area contributed by atoms with Crippen molar-refractivity contribution in [3.8, 4) is 0 Å². The quantitative estimate of drug-likeness (QED) is 0.792. The standard InChI is InChI=1S/C13H26N2O2/c1-10(9-16)15(3)13(17)14-11(2)12-7-5-4-6-8-12/h10-12,16H,4-9H2,1-3H3,(H,14,17). The van der Waals surface area contributed by atoms with Crippen LogP contribution in [0.4, 0.5) is 4.79 Å². The highest BCUT2D eigenvalue weighted by Crippen LogP contribution is 2.26. The van der Waals surface area contributed by atoms with Gasteiger partial charge in [-0.15, -0.1) is 0 Å². The second-order valence-corrected chi connectivity index (χ2v) is 5.28. The molecule has 100 valence electrons. The Bertz CT molecular complexity index is 240. The highest BCUT2D eigenvalue weighted by molar-refractivity contribution is 5.74. The lowest BCUT2D eigenvalue weighted by molar-refractivity contribution is 0.150. The first-order chi connectivity index (χ1) is 8.06. The van der Waals surface area contributed by atoms with Crippen LogP contribution in [-0.4, -0.2) is 41.8 Å². The maximum absolute atomic E-state index is 11.9. The van der Waals surface area contributed by atoms with E-state index < -0.39 is 0 Å². The second-order valence-electron chi connectivity index (χ2n) is 5.28. The lowest BCUT2D eigenvalue weighted by Gasteiger charge is -2.31. The molecule has 0 saturated heterocycles. The maximum atomic E-state index is 11.9. The molecule has 1 rings (SSSR count). The number of nitrogens with one attached hydrogen (secondary N) is 1. The summed E-state index contributed by atoms with van der Waals surface area (Å²) in [4.78, 5) is 13.5. The van der Waals surface area contributed by atoms with Crippen LogP contribution in [0.1, 0.15) is 46.0 Å². The van der Waals surface area contributed by atoms with Gasteiger partial charge in [-0.2, -0.15) is 0 Å². The van der Waals surface area contributed by atoms with Crippen molar-refractivity contribution in [3.05, 3.63) is 0 Å². The number of urea groups is 1. The number of aliphatic hydroxyl groups excluding tert-OH is 1. The Balaban J connectivity index is 2.38. The molecule has 0 aromatic carbocycles. The first kappa shape index (κ1) is 14.3. The van der Waals surface area contributed by atoms with Gasteiger partial charge >= 0.3 is 6.03 Å². The maximum Gasteiger partial charge on any atom is 0.317 e. The number of rotatable bonds is 4. The number of hydrogen-bond donors (Lipinski definition) is 2. The van der Waals surface area contributed by atoms with E-state index in [1.54, 1.807) is 11.9 Å². The SMILES string of the molecule is CC(NC(=O)N(C)C(C)CO)C1CCCCC1. The van der Waals surface area contributed by atoms with Crippen molar-refractivity contribution < 1.29 is 9.90 Å². The number of aliphatic hydroxyl groups is 1. The summed E-state index contributed by atoms with van der Waals surface area (Å²) in [7, 11) is 1.73. The van der Waals surface area contributed by atoms with E-state index in [0.717, 1.165) is 0 Å². The Morgan fingerprint density at radius 2 is 1.94 bits per heavy atom. The van der Waals surface area contributed by atoms with Crippen molar-refractivity contribution >= 4 is 6.03 Å². The Labute approximate surface area is 104 Å². The van der Waals surface area contributed by atoms with Crippen LogP contribution in [-0.2, 0) is 0 Å². The van der Waals surface area contributed by atoms with Gasteiger partial charge in [-0.3, -0.25) is 0 Å². The molecule has 0 heterocycles. The molecular weight excluding hydrogens is 216 g/mol. The molecule has 1 saturated carbocycles. The van der Waals surface area contributed by atoms with Gasteiger partial charge in [0.2, 0.25) is 0 Å². The summed E-state index contributed by atoms with van der Waals surface area (Å²) in [5, 5.41) is 12.1. The molecular formula is C13H26N2O2. The third kappa shape index (κ3) is 4.19. The third-order valence-electron chi connectivity index (χ3n) is 3.95. The Hall–Kier alpha value is -0.770. The zero-order valence-electron chi connectivity index (χ0n) is 11.3. The van der Waals surface area contributed by atoms with Gasteiger partial charge in [-0.1, -0.05) is 19.3 Å². The highest BCUT2D eigenvalue weighted by Gasteiger charge is 2.23. The summed E-state index contributed by atoms with van der Waals surface area (Å²) in [5.41, 5.74) is 0. The molecule has 0 spiro atoms. The fraction of sp³-hybridized carbons (Fsp3) is 0.923. The van der Waals surface area contributed by atoms with Crippen LogP contribution in [0.2, 0.25) is 0 Å². The van der Waals surface area contributed by atoms with Gasteiger partial charge in [0, 0.05) is 13.1 Å². The smallest absolute Gasteiger partial charge is 0.317 e. The molecule has 2 atom stereocenters. The van der Waals surface area contributed by atoms with E-state index in [1.807, 2.05) is 6.92 Å². The lowest BCUT2D eigenvalue weighted by atomic mass is 9.84. The number of carbonyl (C=O) groups excluding carboxylic acids is 1. The Morgan fingerprint density at radius 1 is 1.35 bits per heavy atom. The number of amides is 2. The summed E-state index contributed by atoms with van der Waals surface area (Å²) in [6, 6.07) is 0.0225. The molecule has 4 nitrogen and oxygen atoms in total. The minimum atomic E-state index is -0.131. The summed E-state index contributed by atoms with van der Waals surface area (Å²) < 4.78 is 0. The largest absolute Gasteiger partial charge is 0.394 e. The molecule has 4 heteroatoms. The highest BCUT2D eigenvalue weighted by atomic mass is 16.3. The Kier molecular flexibility index (Phi) is 5.75. The number of hydrogen-bond acceptors (Lipinski definition) is 2. The molecule has 0 bridgehead atoms. The topological polar surface area (TPSA) is 52.6 Å². The fourth-order valence-corrected chi connectivity index (χ4v) is 2.37. The van der Waals surface area contributed by atoms with E-state index in [0.29, 0.717) is 5.92 Å². The average molecular weight is 242 g/mol. The van der Waals surface area contributed by atoms with Crippen LogP contribution in [0.5, 0.6) is 0 Å². The third-order valence-corrected chi connectivity index (χ3v) is 3.95. The van der Waals surface area contributed by atoms with Crippen molar-refractivity contribution in [1.82, 2.24) is 10.2 Å². The molecule has 1 aliphatic rings. The average Bonchev–Trinajstić information content (AvgIpc) is 2.37. The van der Waals surface area contributed by atoms with Crippen LogP contribution < -0.4 is 5.32 Å². The van der Waals surface area contributed by atoms with E-state index >= 15 is 0 Å². The number of nitrogens with zero attached hydrogens (tertiary/aromatic N) is 1. The molecule has 2 amide bonds. The van der Waals surface area contributed by atoms with Crippen LogP contribution in [0, 0.1) is 5.92 Å². The van der Waals surface area contributed by atoms with Crippen LogP contribution in [0.15, 0.2) is 0 Å². The predicted molar refractivity (Wildman–Crippen MR) is 68.9 cm³/mol. The summed E-state index contributed by atoms with van der Waals surface area (Å²) >= 11 is 0. The molecule has 1 aliphatic carbocycles. The molecule has 0 aromatic rings. The van der Waals surface area contributed by atoms with E-state index in [-0.39, 0.29) is 24.7 Å². The molecule has 2 unspecified atom stereocenters. The van der Waals surface area contributed by atoms with Crippen LogP contribution in [0.3, 0.4) is 0 Å². The van der Waals surface area contributed by atoms with Crippen LogP contribution in [0.25, 0.3) is 0 Å². The van der Waals surface area contributed by atoms with E-state index in [2.05, 4.69) is 12.2 Å². The van der Waals surface area contributed by atoms with Crippen molar-refractivity contribution in [2.45, 2.75) is 58.0 Å². The predicted octanol–water partition coefficient (Wildman–Crippen LogP) is 1.98. The monoisotopic (exact) mass is 242 g/mol. The minimum Gasteiger partial charge on any atom is -0.394 e. The summed E-state index contributed by atoms with van der Waals surface area (Å²) in [6.07, 6.45) is 6.35. The first-order valence-corrected chi connectivity index (χ1v) is 6.70. The Morgan fingerprint density at radius 3 is 2.47 bits per heavy atom. The van der Waals surface area contributed by atoms with E-state index in [4.69, 9.17) is 5.11 Å². The van der Waals surface area contributed by atoms with Gasteiger partial charge in [0.05, 0.1) is 12.6 Å². The molecule has 2 N–H and O–H groups in total. The summed E-state index contributed by atoms with van der Waals surface area (Å²) in [5.74, 6) is 0.616. The summed E-state index contributed by atoms with van der Waals surface area (Å²) in [6.45, 7) is 3.93. The minimum absolute atomic E-state index is 0.00172. The lowest BCUT2D eigenvalue weighted by Crippen LogP contribution is -2.48. The zero-order valence-corrected chi connectivity index (χ0v) is 11.3. The van der Waals surface area contributed by atoms with E-state index in [9.17, 15) is 4.79 Å². The molecule has 0 aromatic heterocycles. The molecule has 17 heavy (non-hydrogen) atoms. The molecule has 0 aliphatic heterocycles. The molecule has 1 fully saturated rings. The van der Waals surface area contributed by atoms with Gasteiger partial charge in [-0.05, 0) is 32.6 Å². The van der Waals surface area contributed by atoms with Crippen molar-refractivity contribution in [2.24, 2.45) is 5.92 Å². The van der Waals surface area contributed by atoms with Crippen LogP contribution >= 0.6 is 0 Å². The van der Waals surface area contributed by atoms with Gasteiger partial charge in [0.15, 0.2) is 0 Å². The van der Waals surface area contributed by atoms with Gasteiger partial charge < -0.3 is 15.3 Å². The first-order valence-electron chi connectivity index (χ1n) is 6.70. The van der Waals surface area contributed by atoms with Crippen molar-refractivity contribution in [1.29, 1.82) is 0 Å². The normalized spacial score (nSPS) is 20.7.